The van der Waals surface area contributed by atoms with Crippen molar-refractivity contribution >= 4 is 23.7 Å². The third-order valence-corrected chi connectivity index (χ3v) is 8.64. The summed E-state index contributed by atoms with van der Waals surface area (Å²) in [7, 11) is 0. The molecule has 0 saturated carbocycles. The Morgan fingerprint density at radius 1 is 0.975 bits per heavy atom. The molecule has 2 aromatic carbocycles. The van der Waals surface area contributed by atoms with E-state index >= 15 is 0 Å². The molecule has 11 heteroatoms. The van der Waals surface area contributed by atoms with E-state index in [2.05, 4.69) is 14.5 Å². The molecule has 5 rings (SSSR count). The number of benzene rings is 2. The van der Waals surface area contributed by atoms with E-state index in [-0.39, 0.29) is 29.0 Å². The Kier molecular flexibility index (Phi) is 8.57. The van der Waals surface area contributed by atoms with Crippen molar-refractivity contribution in [1.29, 1.82) is 5.26 Å². The third kappa shape index (κ3) is 5.93. The molecule has 2 aliphatic heterocycles. The molecule has 2 fully saturated rings. The fourth-order valence-electron chi connectivity index (χ4n) is 5.71. The summed E-state index contributed by atoms with van der Waals surface area (Å²) in [5.41, 5.74) is 1.50. The summed E-state index contributed by atoms with van der Waals surface area (Å²) in [6.07, 6.45) is 3.53. The number of carbonyl (C=O) groups is 1. The molecule has 208 valence electrons. The van der Waals surface area contributed by atoms with Crippen molar-refractivity contribution in [2.75, 3.05) is 43.9 Å². The van der Waals surface area contributed by atoms with Crippen LogP contribution < -0.4 is 4.90 Å². The second-order valence-electron chi connectivity index (χ2n) is 10.0. The van der Waals surface area contributed by atoms with Crippen LogP contribution in [0.4, 0.5) is 19.0 Å². The van der Waals surface area contributed by atoms with Crippen LogP contribution in [0.5, 0.6) is 0 Å². The highest BCUT2D eigenvalue weighted by Crippen LogP contribution is 2.38. The Hall–Kier alpha value is -3.62. The van der Waals surface area contributed by atoms with Crippen molar-refractivity contribution in [3.8, 4) is 6.07 Å². The molecule has 1 amide bonds. The van der Waals surface area contributed by atoms with Crippen LogP contribution in [0.3, 0.4) is 0 Å². The van der Waals surface area contributed by atoms with E-state index in [4.69, 9.17) is 5.26 Å². The highest BCUT2D eigenvalue weighted by Gasteiger charge is 2.42. The van der Waals surface area contributed by atoms with Gasteiger partial charge in [-0.1, -0.05) is 30.1 Å². The maximum atomic E-state index is 15.0. The maximum Gasteiger partial charge on any atom is 0.228 e. The molecule has 0 spiro atoms. The fourth-order valence-corrected chi connectivity index (χ4v) is 6.46. The van der Waals surface area contributed by atoms with Crippen molar-refractivity contribution in [2.24, 2.45) is 5.92 Å². The normalized spacial score (nSPS) is 22.0. The topological polar surface area (TPSA) is 76.4 Å². The first-order chi connectivity index (χ1) is 19.4. The number of amides is 1. The Morgan fingerprint density at radius 2 is 1.75 bits per heavy atom. The lowest BCUT2D eigenvalue weighted by atomic mass is 9.87. The fraction of sp³-hybridized carbons (Fsp3) is 0.379. The molecular weight excluding hydrogens is 537 g/mol. The summed E-state index contributed by atoms with van der Waals surface area (Å²) in [5, 5.41) is 17.1. The first kappa shape index (κ1) is 27.9. The number of aromatic nitrogens is 2. The lowest BCUT2D eigenvalue weighted by molar-refractivity contribution is -0.135. The van der Waals surface area contributed by atoms with Gasteiger partial charge in [0.15, 0.2) is 11.5 Å². The van der Waals surface area contributed by atoms with E-state index < -0.39 is 23.5 Å². The zero-order valence-corrected chi connectivity index (χ0v) is 22.8. The predicted molar refractivity (Wildman–Crippen MR) is 147 cm³/mol. The van der Waals surface area contributed by atoms with Crippen LogP contribution in [-0.2, 0) is 4.79 Å². The summed E-state index contributed by atoms with van der Waals surface area (Å²) in [6.45, 7) is 2.24. The van der Waals surface area contributed by atoms with Crippen LogP contribution in [0.1, 0.15) is 41.6 Å². The minimum absolute atomic E-state index is 0.0842. The molecule has 3 aromatic rings. The molecule has 3 heterocycles. The Labute approximate surface area is 235 Å². The van der Waals surface area contributed by atoms with Crippen LogP contribution in [0.15, 0.2) is 54.6 Å². The molecule has 1 unspecified atom stereocenters. The maximum absolute atomic E-state index is 15.0. The van der Waals surface area contributed by atoms with E-state index in [1.807, 2.05) is 34.3 Å². The lowest BCUT2D eigenvalue weighted by Crippen LogP contribution is -2.45. The van der Waals surface area contributed by atoms with Crippen molar-refractivity contribution in [1.82, 2.24) is 19.4 Å². The minimum Gasteiger partial charge on any atom is -0.354 e. The van der Waals surface area contributed by atoms with Gasteiger partial charge in [-0.3, -0.25) is 4.79 Å². The molecule has 40 heavy (non-hydrogen) atoms. The summed E-state index contributed by atoms with van der Waals surface area (Å²) in [5.74, 6) is -2.31. The SMILES string of the molecule is CSN1CCN(C(=O)[C@@H]2CN(c3ccc(C#N)nn3)C[C@H]2c2ccc(F)cc2F)CCCC1c1ccc(F)cc1. The Balaban J connectivity index is 1.37. The van der Waals surface area contributed by atoms with Gasteiger partial charge in [0.05, 0.1) is 5.92 Å². The number of carbonyl (C=O) groups excluding carboxylic acids is 1. The Morgan fingerprint density at radius 3 is 2.42 bits per heavy atom. The van der Waals surface area contributed by atoms with Gasteiger partial charge in [0.1, 0.15) is 23.5 Å². The van der Waals surface area contributed by atoms with Crippen LogP contribution in [0, 0.1) is 34.7 Å². The molecule has 2 saturated heterocycles. The van der Waals surface area contributed by atoms with Gasteiger partial charge in [0.2, 0.25) is 5.91 Å². The standard InChI is InChI=1S/C29H29F3N6OS/c1-40-38-14-13-36(12-2-3-27(38)19-4-6-20(30)7-5-19)29(39)25-18-37(28-11-9-22(16-33)34-35-28)17-24(25)23-10-8-21(31)15-26(23)32/h4-11,15,24-25,27H,2-3,12-14,17-18H2,1H3/t24-,25+,27?/m0/s1. The lowest BCUT2D eigenvalue weighted by Gasteiger charge is -2.37. The van der Waals surface area contributed by atoms with Gasteiger partial charge >= 0.3 is 0 Å². The van der Waals surface area contributed by atoms with Crippen molar-refractivity contribution < 1.29 is 18.0 Å². The van der Waals surface area contributed by atoms with Gasteiger partial charge < -0.3 is 9.80 Å². The zero-order chi connectivity index (χ0) is 28.2. The number of halogens is 3. The van der Waals surface area contributed by atoms with Gasteiger partial charge in [0, 0.05) is 50.7 Å². The first-order valence-electron chi connectivity index (χ1n) is 13.2. The van der Waals surface area contributed by atoms with E-state index in [0.29, 0.717) is 38.5 Å². The van der Waals surface area contributed by atoms with Gasteiger partial charge in [-0.25, -0.2) is 17.5 Å². The van der Waals surface area contributed by atoms with Crippen molar-refractivity contribution in [3.05, 3.63) is 88.9 Å². The number of anilines is 1. The molecule has 1 aromatic heterocycles. The van der Waals surface area contributed by atoms with E-state index in [1.165, 1.54) is 24.3 Å². The van der Waals surface area contributed by atoms with Crippen LogP contribution in [-0.4, -0.2) is 64.3 Å². The van der Waals surface area contributed by atoms with Gasteiger partial charge in [-0.15, -0.1) is 10.2 Å². The van der Waals surface area contributed by atoms with Crippen LogP contribution >= 0.6 is 11.9 Å². The summed E-state index contributed by atoms with van der Waals surface area (Å²) in [4.78, 5) is 17.8. The molecule has 0 aliphatic carbocycles. The molecule has 0 N–H and O–H groups in total. The zero-order valence-electron chi connectivity index (χ0n) is 22.0. The molecule has 3 atom stereocenters. The van der Waals surface area contributed by atoms with Gasteiger partial charge in [-0.2, -0.15) is 5.26 Å². The third-order valence-electron chi connectivity index (χ3n) is 7.73. The highest BCUT2D eigenvalue weighted by atomic mass is 32.2. The predicted octanol–water partition coefficient (Wildman–Crippen LogP) is 4.93. The second kappa shape index (κ2) is 12.3. The number of hydrogen-bond acceptors (Lipinski definition) is 7. The summed E-state index contributed by atoms with van der Waals surface area (Å²) < 4.78 is 44.4. The molecular formula is C29H29F3N6OS. The second-order valence-corrected chi connectivity index (χ2v) is 10.9. The number of rotatable bonds is 5. The quantitative estimate of drug-likeness (QED) is 0.406. The Bertz CT molecular complexity index is 1380. The van der Waals surface area contributed by atoms with E-state index in [1.54, 1.807) is 24.1 Å². The van der Waals surface area contributed by atoms with Crippen molar-refractivity contribution in [2.45, 2.75) is 24.8 Å². The van der Waals surface area contributed by atoms with E-state index in [0.717, 1.165) is 24.5 Å². The molecule has 2 aliphatic rings. The highest BCUT2D eigenvalue weighted by molar-refractivity contribution is 7.96. The number of nitrogens with zero attached hydrogens (tertiary/aromatic N) is 6. The van der Waals surface area contributed by atoms with Crippen molar-refractivity contribution in [3.63, 3.8) is 0 Å². The average molecular weight is 567 g/mol. The van der Waals surface area contributed by atoms with Gasteiger partial charge in [0.25, 0.3) is 0 Å². The first-order valence-corrected chi connectivity index (χ1v) is 14.3. The minimum atomic E-state index is -0.682. The molecule has 0 radical (unpaired) electrons. The number of nitriles is 1. The van der Waals surface area contributed by atoms with Crippen LogP contribution in [0.2, 0.25) is 0 Å². The molecule has 7 nitrogen and oxygen atoms in total. The van der Waals surface area contributed by atoms with Gasteiger partial charge in [-0.05, 0) is 60.6 Å². The summed E-state index contributed by atoms with van der Waals surface area (Å²) in [6, 6.07) is 15.3. The average Bonchev–Trinajstić information content (AvgIpc) is 3.39. The summed E-state index contributed by atoms with van der Waals surface area (Å²) >= 11 is 1.59. The molecule has 0 bridgehead atoms. The van der Waals surface area contributed by atoms with Crippen LogP contribution in [0.25, 0.3) is 0 Å². The largest absolute Gasteiger partial charge is 0.354 e. The van der Waals surface area contributed by atoms with E-state index in [9.17, 15) is 18.0 Å². The number of hydrogen-bond donors (Lipinski definition) is 0. The smallest absolute Gasteiger partial charge is 0.228 e. The monoisotopic (exact) mass is 566 g/mol.